The number of ether oxygens (including phenoxy) is 1. The van der Waals surface area contributed by atoms with Crippen LogP contribution >= 0.6 is 0 Å². The van der Waals surface area contributed by atoms with Gasteiger partial charge in [-0.15, -0.1) is 0 Å². The summed E-state index contributed by atoms with van der Waals surface area (Å²) in [6.45, 7) is 4.67. The average Bonchev–Trinajstić information content (AvgIpc) is 3.48. The van der Waals surface area contributed by atoms with E-state index < -0.39 is 5.54 Å². The summed E-state index contributed by atoms with van der Waals surface area (Å²) in [4.78, 5) is 24.7. The van der Waals surface area contributed by atoms with Gasteiger partial charge in [-0.1, -0.05) is 50.5 Å². The zero-order chi connectivity index (χ0) is 26.7. The standard InChI is InChI=1S/C31H35N5O2/c1-3-4-7-27-35-31(15-5-6-16-31)30(37)36(27)20-22-8-10-23(11-9-22)26-19-24(12-13-25(26)29(32)33)38-28-18-21(2)14-17-34-28/h8-14,17-19H,3-7,15-16,20H2,1-2H3,(H3,32,33). The number of hydrogen-bond donors (Lipinski definition) is 2. The molecular weight excluding hydrogens is 474 g/mol. The Morgan fingerprint density at radius 3 is 2.55 bits per heavy atom. The lowest BCUT2D eigenvalue weighted by molar-refractivity contribution is -0.131. The number of carbonyl (C=O) groups excluding carboxylic acids is 1. The molecule has 2 heterocycles. The number of amidine groups is 2. The number of nitrogens with one attached hydrogen (secondary N) is 1. The molecule has 1 aromatic heterocycles. The first kappa shape index (κ1) is 25.6. The number of amides is 1. The number of aryl methyl sites for hydroxylation is 1. The summed E-state index contributed by atoms with van der Waals surface area (Å²) in [6.07, 6.45) is 8.52. The van der Waals surface area contributed by atoms with E-state index in [2.05, 4.69) is 11.9 Å². The number of rotatable bonds is 9. The van der Waals surface area contributed by atoms with Gasteiger partial charge in [-0.25, -0.2) is 4.98 Å². The van der Waals surface area contributed by atoms with Crippen molar-refractivity contribution in [2.75, 3.05) is 0 Å². The van der Waals surface area contributed by atoms with Crippen LogP contribution in [0.5, 0.6) is 11.6 Å². The molecule has 38 heavy (non-hydrogen) atoms. The molecule has 0 saturated heterocycles. The largest absolute Gasteiger partial charge is 0.439 e. The molecule has 7 nitrogen and oxygen atoms in total. The molecule has 1 aliphatic heterocycles. The molecule has 2 aromatic carbocycles. The van der Waals surface area contributed by atoms with Crippen LogP contribution in [-0.2, 0) is 11.3 Å². The fraction of sp³-hybridized carbons (Fsp3) is 0.355. The van der Waals surface area contributed by atoms with E-state index in [0.29, 0.717) is 23.7 Å². The number of aliphatic imine (C=N–C) groups is 1. The maximum absolute atomic E-state index is 13.5. The Kier molecular flexibility index (Phi) is 7.27. The minimum Gasteiger partial charge on any atom is -0.439 e. The number of pyridine rings is 1. The number of carbonyl (C=O) groups is 1. The zero-order valence-electron chi connectivity index (χ0n) is 22.2. The van der Waals surface area contributed by atoms with Crippen LogP contribution in [0.2, 0.25) is 0 Å². The van der Waals surface area contributed by atoms with Gasteiger partial charge in [0.1, 0.15) is 23.0 Å². The highest BCUT2D eigenvalue weighted by Gasteiger charge is 2.49. The van der Waals surface area contributed by atoms with Crippen molar-refractivity contribution < 1.29 is 9.53 Å². The highest BCUT2D eigenvalue weighted by molar-refractivity contribution is 6.08. The number of nitrogen functional groups attached to an aromatic ring is 1. The van der Waals surface area contributed by atoms with Crippen molar-refractivity contribution >= 4 is 17.6 Å². The lowest BCUT2D eigenvalue weighted by Gasteiger charge is -2.23. The average molecular weight is 510 g/mol. The summed E-state index contributed by atoms with van der Waals surface area (Å²) in [5.74, 6) is 2.23. The first-order valence-corrected chi connectivity index (χ1v) is 13.5. The molecule has 3 aromatic rings. The molecule has 0 bridgehead atoms. The molecule has 1 aliphatic carbocycles. The van der Waals surface area contributed by atoms with E-state index in [4.69, 9.17) is 20.9 Å². The molecule has 1 spiro atoms. The van der Waals surface area contributed by atoms with Crippen LogP contribution in [0.25, 0.3) is 11.1 Å². The number of unbranched alkanes of at least 4 members (excludes halogenated alkanes) is 1. The predicted octanol–water partition coefficient (Wildman–Crippen LogP) is 6.38. The second-order valence-electron chi connectivity index (χ2n) is 10.4. The van der Waals surface area contributed by atoms with Crippen molar-refractivity contribution in [3.8, 4) is 22.8 Å². The highest BCUT2D eigenvalue weighted by atomic mass is 16.5. The van der Waals surface area contributed by atoms with Gasteiger partial charge >= 0.3 is 0 Å². The van der Waals surface area contributed by atoms with E-state index in [0.717, 1.165) is 73.0 Å². The lowest BCUT2D eigenvalue weighted by Crippen LogP contribution is -2.40. The minimum atomic E-state index is -0.522. The summed E-state index contributed by atoms with van der Waals surface area (Å²) in [6, 6.07) is 17.4. The minimum absolute atomic E-state index is 0.00869. The SMILES string of the molecule is CCCCC1=NC2(CCCC2)C(=O)N1Cc1ccc(-c2cc(Oc3cc(C)ccn3)ccc2C(=N)N)cc1. The Morgan fingerprint density at radius 1 is 1.11 bits per heavy atom. The molecule has 2 aliphatic rings. The van der Waals surface area contributed by atoms with Gasteiger partial charge in [-0.2, -0.15) is 0 Å². The molecule has 7 heteroatoms. The number of aromatic nitrogens is 1. The monoisotopic (exact) mass is 509 g/mol. The van der Waals surface area contributed by atoms with Crippen LogP contribution in [0.3, 0.4) is 0 Å². The number of hydrogen-bond acceptors (Lipinski definition) is 5. The molecule has 0 atom stereocenters. The molecule has 0 radical (unpaired) electrons. The Labute approximate surface area is 224 Å². The van der Waals surface area contributed by atoms with Crippen LogP contribution in [-0.4, -0.2) is 33.0 Å². The fourth-order valence-electron chi connectivity index (χ4n) is 5.42. The topological polar surface area (TPSA) is 105 Å². The predicted molar refractivity (Wildman–Crippen MR) is 151 cm³/mol. The second-order valence-corrected chi connectivity index (χ2v) is 10.4. The quantitative estimate of drug-likeness (QED) is 0.258. The highest BCUT2D eigenvalue weighted by Crippen LogP contribution is 2.40. The zero-order valence-corrected chi connectivity index (χ0v) is 22.2. The van der Waals surface area contributed by atoms with Crippen LogP contribution < -0.4 is 10.5 Å². The molecule has 1 saturated carbocycles. The molecule has 3 N–H and O–H groups in total. The smallest absolute Gasteiger partial charge is 0.256 e. The van der Waals surface area contributed by atoms with Gasteiger partial charge in [0.15, 0.2) is 0 Å². The normalized spacial score (nSPS) is 16.2. The lowest BCUT2D eigenvalue weighted by atomic mass is 9.97. The van der Waals surface area contributed by atoms with Gasteiger partial charge in [0, 0.05) is 24.2 Å². The van der Waals surface area contributed by atoms with Gasteiger partial charge < -0.3 is 10.5 Å². The van der Waals surface area contributed by atoms with E-state index in [1.807, 2.05) is 54.3 Å². The maximum Gasteiger partial charge on any atom is 0.256 e. The van der Waals surface area contributed by atoms with Crippen molar-refractivity contribution in [3.63, 3.8) is 0 Å². The molecule has 5 rings (SSSR count). The first-order chi connectivity index (χ1) is 18.4. The van der Waals surface area contributed by atoms with Gasteiger partial charge in [0.25, 0.3) is 5.91 Å². The van der Waals surface area contributed by atoms with E-state index in [-0.39, 0.29) is 11.7 Å². The molecule has 1 fully saturated rings. The summed E-state index contributed by atoms with van der Waals surface area (Å²) in [5.41, 5.74) is 9.85. The van der Waals surface area contributed by atoms with Gasteiger partial charge in [0.2, 0.25) is 5.88 Å². The summed E-state index contributed by atoms with van der Waals surface area (Å²) in [7, 11) is 0. The van der Waals surface area contributed by atoms with Crippen LogP contribution in [0.1, 0.15) is 68.6 Å². The van der Waals surface area contributed by atoms with Gasteiger partial charge in [-0.3, -0.25) is 20.1 Å². The number of nitrogens with zero attached hydrogens (tertiary/aromatic N) is 3. The third kappa shape index (κ3) is 5.19. The van der Waals surface area contributed by atoms with E-state index in [9.17, 15) is 4.79 Å². The second kappa shape index (κ2) is 10.8. The molecule has 1 amide bonds. The van der Waals surface area contributed by atoms with Crippen molar-refractivity contribution in [3.05, 3.63) is 77.5 Å². The van der Waals surface area contributed by atoms with Crippen LogP contribution in [0, 0.1) is 12.3 Å². The Bertz CT molecular complexity index is 1370. The van der Waals surface area contributed by atoms with Crippen molar-refractivity contribution in [2.45, 2.75) is 70.9 Å². The van der Waals surface area contributed by atoms with Gasteiger partial charge in [0.05, 0.1) is 6.54 Å². The molecule has 0 unspecified atom stereocenters. The van der Waals surface area contributed by atoms with E-state index in [1.165, 1.54) is 0 Å². The Hall–Kier alpha value is -4.00. The Balaban J connectivity index is 1.39. The molecule has 196 valence electrons. The summed E-state index contributed by atoms with van der Waals surface area (Å²) < 4.78 is 5.99. The van der Waals surface area contributed by atoms with E-state index >= 15 is 0 Å². The third-order valence-corrected chi connectivity index (χ3v) is 7.48. The third-order valence-electron chi connectivity index (χ3n) is 7.48. The van der Waals surface area contributed by atoms with Crippen molar-refractivity contribution in [1.29, 1.82) is 5.41 Å². The number of nitrogens with two attached hydrogens (primary N) is 1. The van der Waals surface area contributed by atoms with Crippen LogP contribution in [0.4, 0.5) is 0 Å². The van der Waals surface area contributed by atoms with Crippen molar-refractivity contribution in [2.24, 2.45) is 10.7 Å². The summed E-state index contributed by atoms with van der Waals surface area (Å²) in [5, 5.41) is 8.08. The summed E-state index contributed by atoms with van der Waals surface area (Å²) >= 11 is 0. The van der Waals surface area contributed by atoms with Crippen molar-refractivity contribution in [1.82, 2.24) is 9.88 Å². The van der Waals surface area contributed by atoms with E-state index in [1.54, 1.807) is 18.3 Å². The fourth-order valence-corrected chi connectivity index (χ4v) is 5.42. The first-order valence-electron chi connectivity index (χ1n) is 13.5. The number of benzene rings is 2. The van der Waals surface area contributed by atoms with Gasteiger partial charge in [-0.05, 0) is 72.7 Å². The maximum atomic E-state index is 13.5. The molecular formula is C31H35N5O2. The Morgan fingerprint density at radius 2 is 1.87 bits per heavy atom. The van der Waals surface area contributed by atoms with Crippen LogP contribution in [0.15, 0.2) is 65.8 Å².